The third-order valence-electron chi connectivity index (χ3n) is 5.99. The van der Waals surface area contributed by atoms with Gasteiger partial charge in [0.25, 0.3) is 5.91 Å². The van der Waals surface area contributed by atoms with Crippen LogP contribution >= 0.6 is 0 Å². The van der Waals surface area contributed by atoms with E-state index in [1.54, 1.807) is 0 Å². The molecule has 1 aliphatic carbocycles. The highest BCUT2D eigenvalue weighted by Gasteiger charge is 2.37. The maximum absolute atomic E-state index is 12.6. The van der Waals surface area contributed by atoms with E-state index < -0.39 is 21.8 Å². The Morgan fingerprint density at radius 3 is 2.07 bits per heavy atom. The molecule has 0 bridgehead atoms. The van der Waals surface area contributed by atoms with Gasteiger partial charge in [-0.1, -0.05) is 45.9 Å². The van der Waals surface area contributed by atoms with Crippen LogP contribution in [0.1, 0.15) is 63.3 Å². The average Bonchev–Trinajstić information content (AvgIpc) is 2.64. The van der Waals surface area contributed by atoms with E-state index in [9.17, 15) is 18.3 Å². The van der Waals surface area contributed by atoms with E-state index in [4.69, 9.17) is 0 Å². The monoisotopic (exact) mass is 415 g/mol. The Balaban J connectivity index is 1.83. The van der Waals surface area contributed by atoms with Gasteiger partial charge in [0.1, 0.15) is 0 Å². The largest absolute Gasteiger partial charge is 0.378 e. The first-order chi connectivity index (χ1) is 13.3. The minimum absolute atomic E-state index is 0.0153. The Kier molecular flexibility index (Phi) is 5.39. The molecule has 0 heterocycles. The molecule has 0 aromatic heterocycles. The molecule has 1 aliphatic rings. The summed E-state index contributed by atoms with van der Waals surface area (Å²) < 4.78 is 23.1. The number of sulfone groups is 1. The normalized spacial score (nSPS) is 18.6. The van der Waals surface area contributed by atoms with Crippen LogP contribution in [0, 0.1) is 0 Å². The number of hydrogen-bond donors (Lipinski definition) is 2. The molecule has 0 fully saturated rings. The Morgan fingerprint density at radius 1 is 0.966 bits per heavy atom. The molecule has 0 saturated heterocycles. The van der Waals surface area contributed by atoms with Crippen molar-refractivity contribution in [2.45, 2.75) is 62.4 Å². The number of carbonyl (C=O) groups is 1. The lowest BCUT2D eigenvalue weighted by Crippen LogP contribution is -2.34. The fourth-order valence-electron chi connectivity index (χ4n) is 3.92. The highest BCUT2D eigenvalue weighted by molar-refractivity contribution is 7.90. The van der Waals surface area contributed by atoms with E-state index in [0.29, 0.717) is 11.3 Å². The molecular weight excluding hydrogens is 386 g/mol. The number of amides is 1. The van der Waals surface area contributed by atoms with Crippen LogP contribution in [0.2, 0.25) is 0 Å². The predicted octanol–water partition coefficient (Wildman–Crippen LogP) is 4.11. The summed E-state index contributed by atoms with van der Waals surface area (Å²) in [5.74, 6) is -0.551. The minimum Gasteiger partial charge on any atom is -0.378 e. The van der Waals surface area contributed by atoms with Gasteiger partial charge in [-0.3, -0.25) is 4.79 Å². The quantitative estimate of drug-likeness (QED) is 0.787. The second-order valence-electron chi connectivity index (χ2n) is 9.26. The summed E-state index contributed by atoms with van der Waals surface area (Å²) in [4.78, 5) is 12.7. The number of anilines is 1. The van der Waals surface area contributed by atoms with Crippen LogP contribution in [0.15, 0.2) is 47.4 Å². The molecule has 3 rings (SSSR count). The number of fused-ring (bicyclic) bond motifs is 1. The molecule has 0 aliphatic heterocycles. The van der Waals surface area contributed by atoms with Crippen molar-refractivity contribution in [3.05, 3.63) is 59.2 Å². The molecule has 29 heavy (non-hydrogen) atoms. The number of nitrogens with one attached hydrogen (secondary N) is 1. The van der Waals surface area contributed by atoms with Crippen LogP contribution in [-0.4, -0.2) is 25.7 Å². The molecule has 1 unspecified atom stereocenters. The van der Waals surface area contributed by atoms with Gasteiger partial charge in [-0.15, -0.1) is 0 Å². The molecular formula is C23H29NO4S. The molecule has 2 aromatic rings. The van der Waals surface area contributed by atoms with Crippen molar-refractivity contribution in [3.8, 4) is 0 Å². The number of benzene rings is 2. The van der Waals surface area contributed by atoms with E-state index in [-0.39, 0.29) is 15.7 Å². The van der Waals surface area contributed by atoms with E-state index in [0.717, 1.165) is 19.1 Å². The Bertz CT molecular complexity index is 1040. The van der Waals surface area contributed by atoms with Crippen molar-refractivity contribution >= 4 is 21.4 Å². The molecule has 0 radical (unpaired) electrons. The first-order valence-corrected chi connectivity index (χ1v) is 11.6. The first-order valence-electron chi connectivity index (χ1n) is 9.75. The zero-order valence-corrected chi connectivity index (χ0v) is 18.4. The van der Waals surface area contributed by atoms with Crippen molar-refractivity contribution in [1.29, 1.82) is 0 Å². The molecule has 0 saturated carbocycles. The fourth-order valence-corrected chi connectivity index (χ4v) is 4.55. The van der Waals surface area contributed by atoms with Gasteiger partial charge in [-0.05, 0) is 64.6 Å². The topological polar surface area (TPSA) is 83.5 Å². The second kappa shape index (κ2) is 7.26. The number of rotatable bonds is 4. The van der Waals surface area contributed by atoms with Crippen LogP contribution in [-0.2, 0) is 25.5 Å². The van der Waals surface area contributed by atoms with Gasteiger partial charge in [0.2, 0.25) is 0 Å². The van der Waals surface area contributed by atoms with Crippen LogP contribution in [0.3, 0.4) is 0 Å². The van der Waals surface area contributed by atoms with Gasteiger partial charge in [0, 0.05) is 11.9 Å². The predicted molar refractivity (Wildman–Crippen MR) is 115 cm³/mol. The summed E-state index contributed by atoms with van der Waals surface area (Å²) in [7, 11) is -3.30. The van der Waals surface area contributed by atoms with Crippen LogP contribution in [0.5, 0.6) is 0 Å². The van der Waals surface area contributed by atoms with Gasteiger partial charge < -0.3 is 10.4 Å². The van der Waals surface area contributed by atoms with Gasteiger partial charge >= 0.3 is 0 Å². The molecule has 0 spiro atoms. The molecule has 1 amide bonds. The van der Waals surface area contributed by atoms with E-state index in [1.165, 1.54) is 35.4 Å². The lowest BCUT2D eigenvalue weighted by atomic mass is 9.63. The summed E-state index contributed by atoms with van der Waals surface area (Å²) in [5.41, 5.74) is 3.48. The summed E-state index contributed by atoms with van der Waals surface area (Å²) in [6.07, 6.45) is 1.96. The van der Waals surface area contributed by atoms with Crippen LogP contribution in [0.4, 0.5) is 5.69 Å². The Morgan fingerprint density at radius 2 is 1.52 bits per heavy atom. The number of carbonyl (C=O) groups excluding carboxylic acids is 1. The molecule has 156 valence electrons. The van der Waals surface area contributed by atoms with Crippen molar-refractivity contribution < 1.29 is 18.3 Å². The lowest BCUT2D eigenvalue weighted by Gasteiger charge is -2.42. The van der Waals surface area contributed by atoms with Gasteiger partial charge in [0.05, 0.1) is 4.90 Å². The van der Waals surface area contributed by atoms with Crippen molar-refractivity contribution in [2.24, 2.45) is 0 Å². The molecule has 6 heteroatoms. The molecule has 2 N–H and O–H groups in total. The minimum atomic E-state index is -3.30. The van der Waals surface area contributed by atoms with Crippen LogP contribution < -0.4 is 5.32 Å². The molecule has 1 atom stereocenters. The standard InChI is InChI=1S/C23H29NO4S/c1-22(2)12-13-23(3,4)19-14-15(6-11-18(19)22)20(25)21(26)24-16-7-9-17(10-8-16)29(5,27)28/h6-11,14,20,25H,12-13H2,1-5H3,(H,24,26). The summed E-state index contributed by atoms with van der Waals surface area (Å²) in [6.45, 7) is 8.84. The zero-order chi connectivity index (χ0) is 21.6. The maximum atomic E-state index is 12.6. The third-order valence-corrected chi connectivity index (χ3v) is 7.12. The molecule has 5 nitrogen and oxygen atoms in total. The number of aliphatic hydroxyl groups is 1. The Labute approximate surface area is 173 Å². The van der Waals surface area contributed by atoms with E-state index >= 15 is 0 Å². The van der Waals surface area contributed by atoms with E-state index in [1.807, 2.05) is 18.2 Å². The smallest absolute Gasteiger partial charge is 0.257 e. The van der Waals surface area contributed by atoms with E-state index in [2.05, 4.69) is 33.0 Å². The average molecular weight is 416 g/mol. The molecule has 2 aromatic carbocycles. The van der Waals surface area contributed by atoms with Crippen molar-refractivity contribution in [3.63, 3.8) is 0 Å². The Hall–Kier alpha value is -2.18. The highest BCUT2D eigenvalue weighted by Crippen LogP contribution is 2.46. The van der Waals surface area contributed by atoms with Gasteiger partial charge in [-0.2, -0.15) is 0 Å². The number of hydrogen-bond acceptors (Lipinski definition) is 4. The summed E-state index contributed by atoms with van der Waals surface area (Å²) in [5, 5.41) is 13.3. The third kappa shape index (κ3) is 4.38. The lowest BCUT2D eigenvalue weighted by molar-refractivity contribution is -0.124. The van der Waals surface area contributed by atoms with Crippen molar-refractivity contribution in [2.75, 3.05) is 11.6 Å². The van der Waals surface area contributed by atoms with Gasteiger partial charge in [-0.25, -0.2) is 8.42 Å². The summed E-state index contributed by atoms with van der Waals surface area (Å²) in [6, 6.07) is 11.7. The highest BCUT2D eigenvalue weighted by atomic mass is 32.2. The first kappa shape index (κ1) is 21.5. The number of aliphatic hydroxyl groups excluding tert-OH is 1. The van der Waals surface area contributed by atoms with Gasteiger partial charge in [0.15, 0.2) is 15.9 Å². The SMILES string of the molecule is CC1(C)CCC(C)(C)c2cc(C(O)C(=O)Nc3ccc(S(C)(=O)=O)cc3)ccc21. The van der Waals surface area contributed by atoms with Crippen LogP contribution in [0.25, 0.3) is 0 Å². The zero-order valence-electron chi connectivity index (χ0n) is 17.6. The fraction of sp³-hybridized carbons (Fsp3) is 0.435. The maximum Gasteiger partial charge on any atom is 0.257 e. The van der Waals surface area contributed by atoms with Crippen molar-refractivity contribution in [1.82, 2.24) is 0 Å². The summed E-state index contributed by atoms with van der Waals surface area (Å²) >= 11 is 0. The second-order valence-corrected chi connectivity index (χ2v) is 11.3.